The number of unbranched alkanes of at least 4 members (excludes halogenated alkanes) is 1. The molecule has 3 heterocycles. The molecule has 9 nitrogen and oxygen atoms in total. The zero-order valence-electron chi connectivity index (χ0n) is 21.3. The number of halogens is 4. The number of fused-ring (bicyclic) bond motifs is 1. The van der Waals surface area contributed by atoms with Gasteiger partial charge in [0.05, 0.1) is 12.2 Å². The van der Waals surface area contributed by atoms with Gasteiger partial charge in [-0.2, -0.15) is 13.2 Å². The molecule has 1 aliphatic rings. The third-order valence-electron chi connectivity index (χ3n) is 6.23. The molecule has 0 bridgehead atoms. The van der Waals surface area contributed by atoms with E-state index < -0.39 is 29.9 Å². The largest absolute Gasteiger partial charge is 0.480 e. The Balaban J connectivity index is 1.53. The molecule has 1 aliphatic heterocycles. The number of carboxylic acids is 1. The fourth-order valence-corrected chi connectivity index (χ4v) is 4.23. The predicted molar refractivity (Wildman–Crippen MR) is 134 cm³/mol. The lowest BCUT2D eigenvalue weighted by Gasteiger charge is -2.25. The molecule has 0 aliphatic carbocycles. The lowest BCUT2D eigenvalue weighted by Crippen LogP contribution is -2.39. The van der Waals surface area contributed by atoms with Crippen LogP contribution in [0, 0.1) is 0 Å². The van der Waals surface area contributed by atoms with Gasteiger partial charge in [-0.15, -0.1) is 0 Å². The van der Waals surface area contributed by atoms with Crippen LogP contribution in [0.25, 0.3) is 0 Å². The molecule has 0 aromatic carbocycles. The molecule has 13 heteroatoms. The molecule has 2 aromatic rings. The van der Waals surface area contributed by atoms with Crippen molar-refractivity contribution in [1.29, 1.82) is 0 Å². The number of rotatable bonds is 15. The lowest BCUT2D eigenvalue weighted by atomic mass is 10.1. The minimum atomic E-state index is -4.59. The quantitative estimate of drug-likeness (QED) is 0.228. The van der Waals surface area contributed by atoms with Crippen LogP contribution < -0.4 is 10.6 Å². The number of ether oxygens (including phenoxy) is 1. The number of aromatic nitrogens is 3. The second-order valence-corrected chi connectivity index (χ2v) is 9.27. The summed E-state index contributed by atoms with van der Waals surface area (Å²) in [5.74, 6) is -0.500. The summed E-state index contributed by atoms with van der Waals surface area (Å²) in [6.07, 6.45) is -0.138. The Morgan fingerprint density at radius 2 is 2.00 bits per heavy atom. The molecule has 38 heavy (non-hydrogen) atoms. The molecule has 0 saturated carbocycles. The van der Waals surface area contributed by atoms with E-state index in [1.807, 2.05) is 11.0 Å². The number of nitrogens with zero attached hydrogens (tertiary/aromatic N) is 4. The van der Waals surface area contributed by atoms with Crippen molar-refractivity contribution in [3.05, 3.63) is 41.3 Å². The van der Waals surface area contributed by atoms with E-state index in [1.54, 1.807) is 0 Å². The van der Waals surface area contributed by atoms with Gasteiger partial charge in [-0.3, -0.25) is 0 Å². The first-order chi connectivity index (χ1) is 18.2. The Hall–Kier alpha value is -3.06. The maximum absolute atomic E-state index is 14.3. The number of hydrogen-bond donors (Lipinski definition) is 3. The van der Waals surface area contributed by atoms with Crippen molar-refractivity contribution >= 4 is 17.7 Å². The van der Waals surface area contributed by atoms with Gasteiger partial charge in [0.15, 0.2) is 0 Å². The zero-order chi connectivity index (χ0) is 27.5. The third-order valence-corrected chi connectivity index (χ3v) is 6.23. The van der Waals surface area contributed by atoms with Gasteiger partial charge in [0.25, 0.3) is 0 Å². The number of alkyl halides is 4. The van der Waals surface area contributed by atoms with Gasteiger partial charge in [0.2, 0.25) is 5.95 Å². The van der Waals surface area contributed by atoms with Crippen molar-refractivity contribution in [1.82, 2.24) is 19.9 Å². The highest BCUT2D eigenvalue weighted by Gasteiger charge is 2.31. The fourth-order valence-electron chi connectivity index (χ4n) is 4.23. The lowest BCUT2D eigenvalue weighted by molar-refractivity contribution is -0.139. The molecule has 3 rings (SSSR count). The van der Waals surface area contributed by atoms with Gasteiger partial charge in [0.1, 0.15) is 18.0 Å². The molecule has 0 fully saturated rings. The van der Waals surface area contributed by atoms with Gasteiger partial charge in [-0.05, 0) is 56.7 Å². The van der Waals surface area contributed by atoms with Gasteiger partial charge in [-0.25, -0.2) is 24.1 Å². The average molecular weight is 543 g/mol. The average Bonchev–Trinajstić information content (AvgIpc) is 2.88. The molecule has 0 amide bonds. The van der Waals surface area contributed by atoms with Gasteiger partial charge >= 0.3 is 12.1 Å². The smallest absolute Gasteiger partial charge is 0.419 e. The summed E-state index contributed by atoms with van der Waals surface area (Å²) in [6.45, 7) is 1.69. The first-order valence-electron chi connectivity index (χ1n) is 12.6. The van der Waals surface area contributed by atoms with E-state index in [1.165, 1.54) is 12.7 Å². The molecule has 2 aromatic heterocycles. The topological polar surface area (TPSA) is 113 Å². The second-order valence-electron chi connectivity index (χ2n) is 9.27. The maximum Gasteiger partial charge on any atom is 0.419 e. The van der Waals surface area contributed by atoms with Crippen molar-refractivity contribution in [3.8, 4) is 0 Å². The highest BCUT2D eigenvalue weighted by atomic mass is 19.4. The van der Waals surface area contributed by atoms with E-state index in [-0.39, 0.29) is 32.1 Å². The van der Waals surface area contributed by atoms with Gasteiger partial charge in [0, 0.05) is 44.8 Å². The van der Waals surface area contributed by atoms with Gasteiger partial charge in [-0.1, -0.05) is 6.07 Å². The number of methoxy groups -OCH3 is 1. The maximum atomic E-state index is 14.3. The van der Waals surface area contributed by atoms with Crippen LogP contribution in [0.1, 0.15) is 42.5 Å². The summed E-state index contributed by atoms with van der Waals surface area (Å²) in [5.41, 5.74) is 1.18. The molecule has 210 valence electrons. The second kappa shape index (κ2) is 14.2. The Bertz CT molecular complexity index is 1030. The van der Waals surface area contributed by atoms with E-state index in [4.69, 9.17) is 9.72 Å². The number of pyridine rings is 1. The van der Waals surface area contributed by atoms with Crippen LogP contribution in [0.2, 0.25) is 0 Å². The van der Waals surface area contributed by atoms with Crippen LogP contribution in [-0.4, -0.2) is 83.0 Å². The summed E-state index contributed by atoms with van der Waals surface area (Å²) in [7, 11) is 1.41. The fraction of sp³-hybridized carbons (Fsp3) is 0.600. The SMILES string of the molecule is COCC(F)CN(CCCCc1ccc2c(n1)NCCC2)CCC(Nc1ncc(C(F)(F)F)cn1)C(=O)O. The molecule has 0 radical (unpaired) electrons. The van der Waals surface area contributed by atoms with Crippen LogP contribution in [0.5, 0.6) is 0 Å². The van der Waals surface area contributed by atoms with Crippen molar-refractivity contribution in [2.45, 2.75) is 56.9 Å². The van der Waals surface area contributed by atoms with Crippen molar-refractivity contribution in [2.75, 3.05) is 50.5 Å². The standard InChI is InChI=1S/C25H34F4N6O3/c1-38-16-19(26)15-35(11-3-2-6-20-8-7-17-5-4-10-30-22(17)33-20)12-9-21(23(36)37)34-24-31-13-18(14-32-24)25(27,28)29/h7-8,13-14,19,21H,2-6,9-12,15-16H2,1H3,(H,30,33)(H,36,37)(H,31,32,34). The molecule has 3 N–H and O–H groups in total. The first kappa shape index (κ1) is 29.5. The van der Waals surface area contributed by atoms with E-state index in [2.05, 4.69) is 26.7 Å². The Morgan fingerprint density at radius 3 is 2.68 bits per heavy atom. The van der Waals surface area contributed by atoms with Crippen LogP contribution in [0.4, 0.5) is 29.3 Å². The number of hydrogen-bond acceptors (Lipinski definition) is 8. The Morgan fingerprint density at radius 1 is 1.24 bits per heavy atom. The molecular formula is C25H34F4N6O3. The van der Waals surface area contributed by atoms with Crippen molar-refractivity contribution in [3.63, 3.8) is 0 Å². The Kier molecular flexibility index (Phi) is 11.0. The monoisotopic (exact) mass is 542 g/mol. The number of nitrogens with one attached hydrogen (secondary N) is 2. The summed E-state index contributed by atoms with van der Waals surface area (Å²) < 4.78 is 57.4. The summed E-state index contributed by atoms with van der Waals surface area (Å²) in [5, 5.41) is 15.5. The predicted octanol–water partition coefficient (Wildman–Crippen LogP) is 3.81. The number of carboxylic acid groups (broad SMARTS) is 1. The number of aliphatic carboxylic acids is 1. The molecule has 2 atom stereocenters. The third kappa shape index (κ3) is 9.35. The summed E-state index contributed by atoms with van der Waals surface area (Å²) >= 11 is 0. The highest BCUT2D eigenvalue weighted by Crippen LogP contribution is 2.28. The van der Waals surface area contributed by atoms with Crippen LogP contribution in [0.15, 0.2) is 24.5 Å². The van der Waals surface area contributed by atoms with E-state index in [0.717, 1.165) is 50.2 Å². The van der Waals surface area contributed by atoms with E-state index >= 15 is 0 Å². The summed E-state index contributed by atoms with van der Waals surface area (Å²) in [6, 6.07) is 2.97. The van der Waals surface area contributed by atoms with Crippen molar-refractivity contribution < 1.29 is 32.2 Å². The summed E-state index contributed by atoms with van der Waals surface area (Å²) in [4.78, 5) is 25.4. The highest BCUT2D eigenvalue weighted by molar-refractivity contribution is 5.76. The van der Waals surface area contributed by atoms with Crippen molar-refractivity contribution in [2.24, 2.45) is 0 Å². The molecular weight excluding hydrogens is 508 g/mol. The zero-order valence-corrected chi connectivity index (χ0v) is 21.3. The minimum absolute atomic E-state index is 0.0669. The molecule has 2 unspecified atom stereocenters. The normalized spacial score (nSPS) is 15.0. The van der Waals surface area contributed by atoms with E-state index in [0.29, 0.717) is 18.9 Å². The Labute approximate surface area is 219 Å². The van der Waals surface area contributed by atoms with Crippen LogP contribution in [0.3, 0.4) is 0 Å². The van der Waals surface area contributed by atoms with Crippen LogP contribution >= 0.6 is 0 Å². The number of aryl methyl sites for hydroxylation is 2. The van der Waals surface area contributed by atoms with Crippen LogP contribution in [-0.2, 0) is 28.5 Å². The van der Waals surface area contributed by atoms with Gasteiger partial charge < -0.3 is 25.4 Å². The first-order valence-corrected chi connectivity index (χ1v) is 12.6. The number of carbonyl (C=O) groups is 1. The molecule has 0 spiro atoms. The van der Waals surface area contributed by atoms with E-state index in [9.17, 15) is 27.5 Å². The minimum Gasteiger partial charge on any atom is -0.480 e. The number of anilines is 2. The molecule has 0 saturated heterocycles.